The van der Waals surface area contributed by atoms with Crippen molar-refractivity contribution in [2.24, 2.45) is 0 Å². The molecule has 0 aromatic carbocycles. The minimum absolute atomic E-state index is 0.0120. The molecular weight excluding hydrogens is 369 g/mol. The van der Waals surface area contributed by atoms with Crippen molar-refractivity contribution in [1.82, 2.24) is 20.0 Å². The lowest BCUT2D eigenvalue weighted by Crippen LogP contribution is -2.34. The van der Waals surface area contributed by atoms with Gasteiger partial charge in [-0.25, -0.2) is 4.98 Å². The van der Waals surface area contributed by atoms with Gasteiger partial charge in [0.2, 0.25) is 0 Å². The molecule has 0 bridgehead atoms. The number of rotatable bonds is 4. The standard InChI is InChI=1S/C20H21F3N4O/c1-2-15-9-16(20(21,22)23)17-18(26-28-19(17)25-15)14-6-4-8-27(12-14)11-13-5-3-7-24-10-13/h3,5,7,9-10,14H,2,4,6,8,11-12H2,1H3/t14-/m0/s1. The van der Waals surface area contributed by atoms with Gasteiger partial charge in [-0.1, -0.05) is 18.1 Å². The zero-order valence-corrected chi connectivity index (χ0v) is 15.5. The van der Waals surface area contributed by atoms with Crippen LogP contribution in [0.2, 0.25) is 0 Å². The number of likely N-dealkylation sites (tertiary alicyclic amines) is 1. The predicted octanol–water partition coefficient (Wildman–Crippen LogP) is 4.58. The molecule has 0 amide bonds. The van der Waals surface area contributed by atoms with Gasteiger partial charge in [-0.05, 0) is 43.5 Å². The molecule has 0 spiro atoms. The average molecular weight is 390 g/mol. The highest BCUT2D eigenvalue weighted by Crippen LogP contribution is 2.40. The van der Waals surface area contributed by atoms with Gasteiger partial charge in [0.05, 0.1) is 16.6 Å². The van der Waals surface area contributed by atoms with Crippen molar-refractivity contribution in [2.75, 3.05) is 13.1 Å². The molecule has 0 unspecified atom stereocenters. The van der Waals surface area contributed by atoms with Crippen molar-refractivity contribution < 1.29 is 17.7 Å². The molecule has 3 aromatic heterocycles. The van der Waals surface area contributed by atoms with Crippen molar-refractivity contribution in [3.63, 3.8) is 0 Å². The summed E-state index contributed by atoms with van der Waals surface area (Å²) in [5, 5.41) is 4.05. The van der Waals surface area contributed by atoms with E-state index in [-0.39, 0.29) is 17.0 Å². The van der Waals surface area contributed by atoms with E-state index in [0.29, 0.717) is 30.9 Å². The van der Waals surface area contributed by atoms with E-state index in [1.165, 1.54) is 0 Å². The van der Waals surface area contributed by atoms with E-state index < -0.39 is 11.7 Å². The summed E-state index contributed by atoms with van der Waals surface area (Å²) in [4.78, 5) is 10.6. The summed E-state index contributed by atoms with van der Waals surface area (Å²) in [6, 6.07) is 5.01. The van der Waals surface area contributed by atoms with Crippen LogP contribution in [0.25, 0.3) is 11.1 Å². The summed E-state index contributed by atoms with van der Waals surface area (Å²) in [6.45, 7) is 4.00. The highest BCUT2D eigenvalue weighted by Gasteiger charge is 2.37. The molecule has 1 aliphatic heterocycles. The smallest absolute Gasteiger partial charge is 0.336 e. The number of alkyl halides is 3. The van der Waals surface area contributed by atoms with Crippen LogP contribution >= 0.6 is 0 Å². The maximum absolute atomic E-state index is 13.7. The predicted molar refractivity (Wildman–Crippen MR) is 97.7 cm³/mol. The Morgan fingerprint density at radius 1 is 1.32 bits per heavy atom. The third kappa shape index (κ3) is 3.73. The SMILES string of the molecule is CCc1cc(C(F)(F)F)c2c([C@H]3CCCN(Cc4cccnc4)C3)noc2n1. The number of piperidine rings is 1. The van der Waals surface area contributed by atoms with Crippen molar-refractivity contribution in [1.29, 1.82) is 0 Å². The Labute approximate surface area is 160 Å². The monoisotopic (exact) mass is 390 g/mol. The third-order valence-electron chi connectivity index (χ3n) is 5.21. The number of aromatic nitrogens is 3. The summed E-state index contributed by atoms with van der Waals surface area (Å²) >= 11 is 0. The Morgan fingerprint density at radius 3 is 2.89 bits per heavy atom. The van der Waals surface area contributed by atoms with Crippen LogP contribution in [0.5, 0.6) is 0 Å². The minimum atomic E-state index is -4.48. The maximum atomic E-state index is 13.7. The van der Waals surface area contributed by atoms with Crippen LogP contribution in [0.15, 0.2) is 35.1 Å². The van der Waals surface area contributed by atoms with Crippen LogP contribution in [0.1, 0.15) is 48.2 Å². The molecule has 1 fully saturated rings. The Morgan fingerprint density at radius 2 is 2.18 bits per heavy atom. The molecular formula is C20H21F3N4O. The molecule has 5 nitrogen and oxygen atoms in total. The normalized spacial score (nSPS) is 18.6. The fourth-order valence-corrected chi connectivity index (χ4v) is 3.88. The molecule has 1 aliphatic rings. The van der Waals surface area contributed by atoms with Crippen molar-refractivity contribution >= 4 is 11.1 Å². The zero-order chi connectivity index (χ0) is 19.7. The second-order valence-electron chi connectivity index (χ2n) is 7.20. The molecule has 1 saturated heterocycles. The zero-order valence-electron chi connectivity index (χ0n) is 15.5. The van der Waals surface area contributed by atoms with E-state index in [0.717, 1.165) is 31.0 Å². The van der Waals surface area contributed by atoms with Crippen LogP contribution in [0.3, 0.4) is 0 Å². The Balaban J connectivity index is 1.67. The number of halogens is 3. The molecule has 4 rings (SSSR count). The molecule has 0 N–H and O–H groups in total. The van der Waals surface area contributed by atoms with E-state index in [9.17, 15) is 13.2 Å². The number of pyridine rings is 2. The quantitative estimate of drug-likeness (QED) is 0.653. The third-order valence-corrected chi connectivity index (χ3v) is 5.21. The summed E-state index contributed by atoms with van der Waals surface area (Å²) in [5.74, 6) is -0.123. The number of nitrogens with zero attached hydrogens (tertiary/aromatic N) is 4. The first-order chi connectivity index (χ1) is 13.5. The molecule has 148 valence electrons. The molecule has 0 radical (unpaired) electrons. The van der Waals surface area contributed by atoms with Crippen LogP contribution in [0, 0.1) is 0 Å². The first kappa shape index (κ1) is 18.9. The van der Waals surface area contributed by atoms with Gasteiger partial charge in [-0.2, -0.15) is 13.2 Å². The summed E-state index contributed by atoms with van der Waals surface area (Å²) < 4.78 is 46.4. The largest absolute Gasteiger partial charge is 0.417 e. The van der Waals surface area contributed by atoms with E-state index in [1.54, 1.807) is 13.1 Å². The Hall–Kier alpha value is -2.48. The van der Waals surface area contributed by atoms with Gasteiger partial charge in [-0.15, -0.1) is 0 Å². The highest BCUT2D eigenvalue weighted by atomic mass is 19.4. The van der Waals surface area contributed by atoms with Gasteiger partial charge in [0.25, 0.3) is 5.71 Å². The molecule has 8 heteroatoms. The molecule has 3 aromatic rings. The van der Waals surface area contributed by atoms with E-state index >= 15 is 0 Å². The first-order valence-electron chi connectivity index (χ1n) is 9.43. The lowest BCUT2D eigenvalue weighted by molar-refractivity contribution is -0.136. The minimum Gasteiger partial charge on any atom is -0.336 e. The lowest BCUT2D eigenvalue weighted by Gasteiger charge is -2.32. The fraction of sp³-hybridized carbons (Fsp3) is 0.450. The fourth-order valence-electron chi connectivity index (χ4n) is 3.88. The molecule has 28 heavy (non-hydrogen) atoms. The van der Waals surface area contributed by atoms with Gasteiger partial charge >= 0.3 is 6.18 Å². The Bertz CT molecular complexity index is 955. The van der Waals surface area contributed by atoms with Crippen molar-refractivity contribution in [3.8, 4) is 0 Å². The second-order valence-corrected chi connectivity index (χ2v) is 7.20. The topological polar surface area (TPSA) is 55.1 Å². The Kier molecular flexibility index (Phi) is 5.05. The number of hydrogen-bond acceptors (Lipinski definition) is 5. The molecule has 0 saturated carbocycles. The van der Waals surface area contributed by atoms with Crippen LogP contribution in [0.4, 0.5) is 13.2 Å². The molecule has 4 heterocycles. The van der Waals surface area contributed by atoms with E-state index in [1.807, 2.05) is 18.3 Å². The lowest BCUT2D eigenvalue weighted by atomic mass is 9.91. The number of aryl methyl sites for hydroxylation is 1. The van der Waals surface area contributed by atoms with Gasteiger partial charge in [0, 0.05) is 37.1 Å². The average Bonchev–Trinajstić information content (AvgIpc) is 3.11. The highest BCUT2D eigenvalue weighted by molar-refractivity contribution is 5.81. The van der Waals surface area contributed by atoms with E-state index in [4.69, 9.17) is 4.52 Å². The number of fused-ring (bicyclic) bond motifs is 1. The number of hydrogen-bond donors (Lipinski definition) is 0. The maximum Gasteiger partial charge on any atom is 0.417 e. The second kappa shape index (κ2) is 7.50. The summed E-state index contributed by atoms with van der Waals surface area (Å²) in [7, 11) is 0. The summed E-state index contributed by atoms with van der Waals surface area (Å²) in [6.07, 6.45) is 1.12. The molecule has 1 atom stereocenters. The van der Waals surface area contributed by atoms with E-state index in [2.05, 4.69) is 20.0 Å². The van der Waals surface area contributed by atoms with Gasteiger partial charge in [0.1, 0.15) is 0 Å². The summed E-state index contributed by atoms with van der Waals surface area (Å²) in [5.41, 5.74) is 1.08. The van der Waals surface area contributed by atoms with Crippen molar-refractivity contribution in [3.05, 3.63) is 53.1 Å². The van der Waals surface area contributed by atoms with Crippen LogP contribution in [-0.2, 0) is 19.1 Å². The van der Waals surface area contributed by atoms with Gasteiger partial charge in [0.15, 0.2) is 0 Å². The van der Waals surface area contributed by atoms with Gasteiger partial charge < -0.3 is 4.52 Å². The van der Waals surface area contributed by atoms with Gasteiger partial charge in [-0.3, -0.25) is 9.88 Å². The van der Waals surface area contributed by atoms with Crippen molar-refractivity contribution in [2.45, 2.75) is 44.8 Å². The first-order valence-corrected chi connectivity index (χ1v) is 9.43. The van der Waals surface area contributed by atoms with Crippen LogP contribution < -0.4 is 0 Å². The molecule has 0 aliphatic carbocycles. The van der Waals surface area contributed by atoms with Crippen LogP contribution in [-0.4, -0.2) is 33.1 Å².